The lowest BCUT2D eigenvalue weighted by atomic mass is 10.1. The molecule has 4 rings (SSSR count). The minimum absolute atomic E-state index is 0.0667. The van der Waals surface area contributed by atoms with Gasteiger partial charge in [-0.2, -0.15) is 10.1 Å². The molecular formula is C21H17ClN4O3. The first-order chi connectivity index (χ1) is 14.1. The van der Waals surface area contributed by atoms with Crippen LogP contribution in [-0.2, 0) is 6.54 Å². The number of ether oxygens (including phenoxy) is 1. The average Bonchev–Trinajstić information content (AvgIpc) is 3.19. The maximum absolute atomic E-state index is 12.2. The molecule has 0 aliphatic carbocycles. The minimum atomic E-state index is -0.262. The SMILES string of the molecule is CCOc1ccc(-c2ccc(=O)n(Cc3nc(-c4cccc(Cl)c4)no3)n2)cc1. The van der Waals surface area contributed by atoms with Crippen molar-refractivity contribution < 1.29 is 9.26 Å². The largest absolute Gasteiger partial charge is 0.494 e. The number of nitrogens with zero attached hydrogens (tertiary/aromatic N) is 4. The summed E-state index contributed by atoms with van der Waals surface area (Å²) in [7, 11) is 0. The van der Waals surface area contributed by atoms with Crippen molar-refractivity contribution >= 4 is 11.6 Å². The zero-order valence-corrected chi connectivity index (χ0v) is 16.3. The Morgan fingerprint density at radius 3 is 2.66 bits per heavy atom. The molecule has 0 saturated heterocycles. The molecule has 2 aromatic heterocycles. The van der Waals surface area contributed by atoms with Crippen LogP contribution in [0, 0.1) is 0 Å². The number of aromatic nitrogens is 4. The number of hydrogen-bond donors (Lipinski definition) is 0. The molecule has 0 N–H and O–H groups in total. The van der Waals surface area contributed by atoms with Crippen LogP contribution in [0.25, 0.3) is 22.6 Å². The van der Waals surface area contributed by atoms with Crippen molar-refractivity contribution in [3.05, 3.63) is 81.9 Å². The molecule has 29 heavy (non-hydrogen) atoms. The smallest absolute Gasteiger partial charge is 0.267 e. The Hall–Kier alpha value is -3.45. The Kier molecular flexibility index (Phi) is 5.39. The van der Waals surface area contributed by atoms with Crippen LogP contribution in [0.5, 0.6) is 5.75 Å². The summed E-state index contributed by atoms with van der Waals surface area (Å²) in [6.45, 7) is 2.60. The van der Waals surface area contributed by atoms with Gasteiger partial charge in [0.05, 0.1) is 12.3 Å². The molecule has 0 fully saturated rings. The number of hydrogen-bond acceptors (Lipinski definition) is 6. The first-order valence-corrected chi connectivity index (χ1v) is 9.40. The van der Waals surface area contributed by atoms with Crippen LogP contribution >= 0.6 is 11.6 Å². The second kappa shape index (κ2) is 8.28. The molecule has 0 bridgehead atoms. The van der Waals surface area contributed by atoms with Gasteiger partial charge in [-0.15, -0.1) is 0 Å². The Labute approximate surface area is 171 Å². The highest BCUT2D eigenvalue weighted by atomic mass is 35.5. The van der Waals surface area contributed by atoms with Gasteiger partial charge >= 0.3 is 0 Å². The number of halogens is 1. The fourth-order valence-electron chi connectivity index (χ4n) is 2.80. The summed E-state index contributed by atoms with van der Waals surface area (Å²) < 4.78 is 12.0. The third-order valence-corrected chi connectivity index (χ3v) is 4.40. The van der Waals surface area contributed by atoms with Gasteiger partial charge in [-0.05, 0) is 49.4 Å². The molecule has 0 saturated carbocycles. The van der Waals surface area contributed by atoms with Gasteiger partial charge in [-0.3, -0.25) is 4.79 Å². The quantitative estimate of drug-likeness (QED) is 0.478. The first-order valence-electron chi connectivity index (χ1n) is 9.02. The zero-order chi connectivity index (χ0) is 20.2. The molecule has 7 nitrogen and oxygen atoms in total. The van der Waals surface area contributed by atoms with Gasteiger partial charge < -0.3 is 9.26 Å². The predicted octanol–water partition coefficient (Wildman–Crippen LogP) is 4.06. The Morgan fingerprint density at radius 2 is 1.90 bits per heavy atom. The maximum atomic E-state index is 12.2. The normalized spacial score (nSPS) is 10.8. The van der Waals surface area contributed by atoms with Crippen LogP contribution in [0.2, 0.25) is 5.02 Å². The molecule has 4 aromatic rings. The molecule has 0 atom stereocenters. The monoisotopic (exact) mass is 408 g/mol. The van der Waals surface area contributed by atoms with Gasteiger partial charge in [0.1, 0.15) is 12.3 Å². The van der Waals surface area contributed by atoms with Crippen LogP contribution in [-0.4, -0.2) is 26.5 Å². The highest BCUT2D eigenvalue weighted by molar-refractivity contribution is 6.30. The van der Waals surface area contributed by atoms with Crippen molar-refractivity contribution in [1.29, 1.82) is 0 Å². The number of rotatable bonds is 6. The molecule has 0 radical (unpaired) electrons. The van der Waals surface area contributed by atoms with Crippen LogP contribution in [0.15, 0.2) is 70.0 Å². The van der Waals surface area contributed by atoms with E-state index in [9.17, 15) is 4.79 Å². The second-order valence-electron chi connectivity index (χ2n) is 6.19. The molecule has 0 amide bonds. The lowest BCUT2D eigenvalue weighted by Gasteiger charge is -2.07. The number of benzene rings is 2. The Bertz CT molecular complexity index is 1190. The third kappa shape index (κ3) is 4.35. The average molecular weight is 409 g/mol. The maximum Gasteiger partial charge on any atom is 0.267 e. The van der Waals surface area contributed by atoms with E-state index in [2.05, 4.69) is 15.2 Å². The highest BCUT2D eigenvalue weighted by Crippen LogP contribution is 2.21. The van der Waals surface area contributed by atoms with Gasteiger partial charge in [0, 0.05) is 22.2 Å². The summed E-state index contributed by atoms with van der Waals surface area (Å²) in [4.78, 5) is 16.6. The van der Waals surface area contributed by atoms with Crippen molar-refractivity contribution in [2.24, 2.45) is 0 Å². The molecule has 2 heterocycles. The fourth-order valence-corrected chi connectivity index (χ4v) is 2.99. The van der Waals surface area contributed by atoms with Gasteiger partial charge in [-0.1, -0.05) is 28.9 Å². The molecule has 0 unspecified atom stereocenters. The fraction of sp³-hybridized carbons (Fsp3) is 0.143. The van der Waals surface area contributed by atoms with Crippen molar-refractivity contribution in [1.82, 2.24) is 19.9 Å². The van der Waals surface area contributed by atoms with E-state index in [1.165, 1.54) is 10.7 Å². The van der Waals surface area contributed by atoms with Crippen molar-refractivity contribution in [3.8, 4) is 28.4 Å². The topological polar surface area (TPSA) is 83.0 Å². The lowest BCUT2D eigenvalue weighted by molar-refractivity contribution is 0.340. The molecule has 0 aliphatic rings. The van der Waals surface area contributed by atoms with Crippen molar-refractivity contribution in [2.45, 2.75) is 13.5 Å². The molecule has 146 valence electrons. The summed E-state index contributed by atoms with van der Waals surface area (Å²) in [5.41, 5.74) is 1.99. The van der Waals surface area contributed by atoms with E-state index in [4.69, 9.17) is 20.9 Å². The third-order valence-electron chi connectivity index (χ3n) is 4.16. The summed E-state index contributed by atoms with van der Waals surface area (Å²) in [6.07, 6.45) is 0. The van der Waals surface area contributed by atoms with Crippen molar-refractivity contribution in [2.75, 3.05) is 6.61 Å². The van der Waals surface area contributed by atoms with E-state index >= 15 is 0 Å². The van der Waals surface area contributed by atoms with Crippen LogP contribution in [0.3, 0.4) is 0 Å². The molecule has 8 heteroatoms. The molecule has 0 aliphatic heterocycles. The van der Waals surface area contributed by atoms with Gasteiger partial charge in [0.25, 0.3) is 5.56 Å². The summed E-state index contributed by atoms with van der Waals surface area (Å²) >= 11 is 6.01. The van der Waals surface area contributed by atoms with E-state index in [0.29, 0.717) is 23.1 Å². The Morgan fingerprint density at radius 1 is 1.07 bits per heavy atom. The van der Waals surface area contributed by atoms with E-state index < -0.39 is 0 Å². The Balaban J connectivity index is 1.58. The minimum Gasteiger partial charge on any atom is -0.494 e. The highest BCUT2D eigenvalue weighted by Gasteiger charge is 2.12. The van der Waals surface area contributed by atoms with Crippen LogP contribution < -0.4 is 10.3 Å². The van der Waals surface area contributed by atoms with E-state index in [1.807, 2.05) is 37.3 Å². The van der Waals surface area contributed by atoms with Gasteiger partial charge in [0.15, 0.2) is 0 Å². The summed E-state index contributed by atoms with van der Waals surface area (Å²) in [5, 5.41) is 8.96. The van der Waals surface area contributed by atoms with E-state index in [1.54, 1.807) is 24.3 Å². The summed E-state index contributed by atoms with van der Waals surface area (Å²) in [5.74, 6) is 1.46. The molecule has 2 aromatic carbocycles. The standard InChI is InChI=1S/C21H17ClN4O3/c1-2-28-17-8-6-14(7-9-17)18-10-11-20(27)26(24-18)13-19-23-21(25-29-19)15-4-3-5-16(22)12-15/h3-12H,2,13H2,1H3. The summed E-state index contributed by atoms with van der Waals surface area (Å²) in [6, 6.07) is 17.8. The predicted molar refractivity (Wildman–Crippen MR) is 109 cm³/mol. The van der Waals surface area contributed by atoms with Gasteiger partial charge in [-0.25, -0.2) is 4.68 Å². The van der Waals surface area contributed by atoms with E-state index in [0.717, 1.165) is 16.9 Å². The van der Waals surface area contributed by atoms with Crippen molar-refractivity contribution in [3.63, 3.8) is 0 Å². The second-order valence-corrected chi connectivity index (χ2v) is 6.63. The molecule has 0 spiro atoms. The molecular weight excluding hydrogens is 392 g/mol. The van der Waals surface area contributed by atoms with E-state index in [-0.39, 0.29) is 18.0 Å². The van der Waals surface area contributed by atoms with Crippen LogP contribution in [0.4, 0.5) is 0 Å². The van der Waals surface area contributed by atoms with Gasteiger partial charge in [0.2, 0.25) is 11.7 Å². The first kappa shape index (κ1) is 18.9. The zero-order valence-electron chi connectivity index (χ0n) is 15.6. The van der Waals surface area contributed by atoms with Crippen LogP contribution in [0.1, 0.15) is 12.8 Å². The lowest BCUT2D eigenvalue weighted by Crippen LogP contribution is -2.23.